The SMILES string of the molecule is CCOC(=O)C(C)NC(C)c1ccc(OC)cc1O. The van der Waals surface area contributed by atoms with Gasteiger partial charge in [0.15, 0.2) is 0 Å². The van der Waals surface area contributed by atoms with Crippen molar-refractivity contribution in [2.24, 2.45) is 0 Å². The summed E-state index contributed by atoms with van der Waals surface area (Å²) in [5.41, 5.74) is 0.706. The van der Waals surface area contributed by atoms with E-state index < -0.39 is 6.04 Å². The number of hydrogen-bond donors (Lipinski definition) is 2. The zero-order valence-electron chi connectivity index (χ0n) is 11.8. The lowest BCUT2D eigenvalue weighted by Gasteiger charge is -2.20. The number of nitrogens with one attached hydrogen (secondary N) is 1. The van der Waals surface area contributed by atoms with Gasteiger partial charge in [-0.1, -0.05) is 6.07 Å². The van der Waals surface area contributed by atoms with Crippen molar-refractivity contribution in [1.82, 2.24) is 5.32 Å². The van der Waals surface area contributed by atoms with E-state index in [1.54, 1.807) is 39.2 Å². The molecule has 0 radical (unpaired) electrons. The smallest absolute Gasteiger partial charge is 0.322 e. The Morgan fingerprint density at radius 1 is 1.42 bits per heavy atom. The predicted molar refractivity (Wildman–Crippen MR) is 72.3 cm³/mol. The molecule has 0 spiro atoms. The fourth-order valence-corrected chi connectivity index (χ4v) is 1.82. The highest BCUT2D eigenvalue weighted by Crippen LogP contribution is 2.28. The number of aromatic hydroxyl groups is 1. The lowest BCUT2D eigenvalue weighted by molar-refractivity contribution is -0.145. The third-order valence-electron chi connectivity index (χ3n) is 2.84. The minimum absolute atomic E-state index is 0.135. The third-order valence-corrected chi connectivity index (χ3v) is 2.84. The molecule has 0 aromatic heterocycles. The van der Waals surface area contributed by atoms with E-state index >= 15 is 0 Å². The Labute approximate surface area is 113 Å². The van der Waals surface area contributed by atoms with Gasteiger partial charge in [0.05, 0.1) is 13.7 Å². The summed E-state index contributed by atoms with van der Waals surface area (Å²) in [7, 11) is 1.54. The predicted octanol–water partition coefficient (Wildman–Crippen LogP) is 2.00. The number of phenols is 1. The van der Waals surface area contributed by atoms with Crippen LogP contribution in [0.2, 0.25) is 0 Å². The molecule has 2 unspecified atom stereocenters. The Bertz CT molecular complexity index is 433. The van der Waals surface area contributed by atoms with Gasteiger partial charge in [-0.05, 0) is 26.8 Å². The zero-order chi connectivity index (χ0) is 14.4. The average Bonchev–Trinajstić information content (AvgIpc) is 2.38. The van der Waals surface area contributed by atoms with Crippen molar-refractivity contribution in [3.8, 4) is 11.5 Å². The number of esters is 1. The molecule has 1 rings (SSSR count). The van der Waals surface area contributed by atoms with Crippen LogP contribution in [0, 0.1) is 0 Å². The van der Waals surface area contributed by atoms with Crippen LogP contribution in [0.4, 0.5) is 0 Å². The summed E-state index contributed by atoms with van der Waals surface area (Å²) in [5, 5.41) is 13.0. The second-order valence-corrected chi connectivity index (χ2v) is 4.29. The molecule has 0 aliphatic rings. The van der Waals surface area contributed by atoms with Crippen LogP contribution < -0.4 is 10.1 Å². The monoisotopic (exact) mass is 267 g/mol. The summed E-state index contributed by atoms with van der Waals surface area (Å²) in [5.74, 6) is 0.421. The molecule has 0 aliphatic heterocycles. The van der Waals surface area contributed by atoms with Crippen molar-refractivity contribution in [1.29, 1.82) is 0 Å². The van der Waals surface area contributed by atoms with E-state index in [2.05, 4.69) is 5.32 Å². The summed E-state index contributed by atoms with van der Waals surface area (Å²) in [6.07, 6.45) is 0. The maximum Gasteiger partial charge on any atom is 0.322 e. The molecule has 0 saturated heterocycles. The lowest BCUT2D eigenvalue weighted by Crippen LogP contribution is -2.37. The maximum absolute atomic E-state index is 11.5. The molecule has 0 heterocycles. The molecular weight excluding hydrogens is 246 g/mol. The van der Waals surface area contributed by atoms with Crippen molar-refractivity contribution < 1.29 is 19.4 Å². The molecule has 2 N–H and O–H groups in total. The minimum Gasteiger partial charge on any atom is -0.507 e. The highest BCUT2D eigenvalue weighted by Gasteiger charge is 2.19. The van der Waals surface area contributed by atoms with Crippen LogP contribution in [0.3, 0.4) is 0 Å². The van der Waals surface area contributed by atoms with Crippen LogP contribution >= 0.6 is 0 Å². The molecule has 0 aliphatic carbocycles. The van der Waals surface area contributed by atoms with Gasteiger partial charge in [-0.3, -0.25) is 10.1 Å². The second-order valence-electron chi connectivity index (χ2n) is 4.29. The Morgan fingerprint density at radius 3 is 2.63 bits per heavy atom. The number of ether oxygens (including phenoxy) is 2. The molecule has 0 saturated carbocycles. The molecule has 106 valence electrons. The number of carbonyl (C=O) groups is 1. The fraction of sp³-hybridized carbons (Fsp3) is 0.500. The summed E-state index contributed by atoms with van der Waals surface area (Å²) in [6, 6.07) is 4.47. The number of benzene rings is 1. The number of phenolic OH excluding ortho intramolecular Hbond substituents is 1. The van der Waals surface area contributed by atoms with E-state index in [1.807, 2.05) is 6.92 Å². The van der Waals surface area contributed by atoms with Crippen LogP contribution in [-0.2, 0) is 9.53 Å². The first-order chi connectivity index (χ1) is 8.99. The number of rotatable bonds is 6. The largest absolute Gasteiger partial charge is 0.507 e. The summed E-state index contributed by atoms with van der Waals surface area (Å²) in [4.78, 5) is 11.5. The van der Waals surface area contributed by atoms with Gasteiger partial charge in [-0.25, -0.2) is 0 Å². The molecule has 0 bridgehead atoms. The Balaban J connectivity index is 2.72. The highest BCUT2D eigenvalue weighted by molar-refractivity contribution is 5.75. The van der Waals surface area contributed by atoms with Crippen molar-refractivity contribution >= 4 is 5.97 Å². The van der Waals surface area contributed by atoms with E-state index in [-0.39, 0.29) is 17.8 Å². The standard InChI is InChI=1S/C14H21NO4/c1-5-19-14(17)10(3)15-9(2)12-7-6-11(18-4)8-13(12)16/h6-10,15-16H,5H2,1-4H3. The molecule has 19 heavy (non-hydrogen) atoms. The van der Waals surface area contributed by atoms with Crippen molar-refractivity contribution in [2.75, 3.05) is 13.7 Å². The Morgan fingerprint density at radius 2 is 2.11 bits per heavy atom. The molecule has 5 heteroatoms. The lowest BCUT2D eigenvalue weighted by atomic mass is 10.1. The van der Waals surface area contributed by atoms with E-state index in [1.165, 1.54) is 0 Å². The van der Waals surface area contributed by atoms with Crippen LogP contribution in [0.5, 0.6) is 11.5 Å². The third kappa shape index (κ3) is 4.13. The van der Waals surface area contributed by atoms with Gasteiger partial charge < -0.3 is 14.6 Å². The number of hydrogen-bond acceptors (Lipinski definition) is 5. The highest BCUT2D eigenvalue weighted by atomic mass is 16.5. The van der Waals surface area contributed by atoms with E-state index in [9.17, 15) is 9.90 Å². The Hall–Kier alpha value is -1.75. The van der Waals surface area contributed by atoms with Crippen molar-refractivity contribution in [2.45, 2.75) is 32.9 Å². The first-order valence-corrected chi connectivity index (χ1v) is 6.29. The van der Waals surface area contributed by atoms with Gasteiger partial charge in [0.25, 0.3) is 0 Å². The van der Waals surface area contributed by atoms with E-state index in [0.717, 1.165) is 0 Å². The fourth-order valence-electron chi connectivity index (χ4n) is 1.82. The quantitative estimate of drug-likeness (QED) is 0.772. The average molecular weight is 267 g/mol. The first kappa shape index (κ1) is 15.3. The van der Waals surface area contributed by atoms with E-state index in [4.69, 9.17) is 9.47 Å². The van der Waals surface area contributed by atoms with Gasteiger partial charge in [0.2, 0.25) is 0 Å². The summed E-state index contributed by atoms with van der Waals surface area (Å²) in [6.45, 7) is 5.72. The summed E-state index contributed by atoms with van der Waals surface area (Å²) >= 11 is 0. The van der Waals surface area contributed by atoms with Gasteiger partial charge in [0, 0.05) is 17.7 Å². The topological polar surface area (TPSA) is 67.8 Å². The molecular formula is C14H21NO4. The summed E-state index contributed by atoms with van der Waals surface area (Å²) < 4.78 is 9.95. The van der Waals surface area contributed by atoms with Crippen LogP contribution in [0.15, 0.2) is 18.2 Å². The number of methoxy groups -OCH3 is 1. The van der Waals surface area contributed by atoms with Crippen LogP contribution in [0.1, 0.15) is 32.4 Å². The van der Waals surface area contributed by atoms with Gasteiger partial charge in [-0.2, -0.15) is 0 Å². The van der Waals surface area contributed by atoms with E-state index in [0.29, 0.717) is 17.9 Å². The number of carbonyl (C=O) groups excluding carboxylic acids is 1. The van der Waals surface area contributed by atoms with Crippen LogP contribution in [-0.4, -0.2) is 30.8 Å². The molecule has 0 amide bonds. The molecule has 5 nitrogen and oxygen atoms in total. The van der Waals surface area contributed by atoms with Crippen LogP contribution in [0.25, 0.3) is 0 Å². The van der Waals surface area contributed by atoms with Crippen molar-refractivity contribution in [3.63, 3.8) is 0 Å². The molecule has 0 fully saturated rings. The van der Waals surface area contributed by atoms with Gasteiger partial charge >= 0.3 is 5.97 Å². The zero-order valence-corrected chi connectivity index (χ0v) is 11.8. The van der Waals surface area contributed by atoms with Gasteiger partial charge in [-0.15, -0.1) is 0 Å². The van der Waals surface area contributed by atoms with Crippen molar-refractivity contribution in [3.05, 3.63) is 23.8 Å². The molecule has 2 atom stereocenters. The normalized spacial score (nSPS) is 13.7. The maximum atomic E-state index is 11.5. The molecule has 1 aromatic rings. The van der Waals surface area contributed by atoms with Gasteiger partial charge in [0.1, 0.15) is 17.5 Å². The minimum atomic E-state index is -0.434. The second kappa shape index (κ2) is 6.99. The molecule has 1 aromatic carbocycles. The first-order valence-electron chi connectivity index (χ1n) is 6.29. The Kier molecular flexibility index (Phi) is 5.63.